The number of hydrogen-bond donors (Lipinski definition) is 1. The van der Waals surface area contributed by atoms with Crippen LogP contribution in [0.1, 0.15) is 30.6 Å². The van der Waals surface area contributed by atoms with Crippen molar-refractivity contribution >= 4 is 22.7 Å². The van der Waals surface area contributed by atoms with Gasteiger partial charge in [0.25, 0.3) is 0 Å². The maximum atomic E-state index is 12.9. The van der Waals surface area contributed by atoms with Gasteiger partial charge in [0.15, 0.2) is 12.0 Å². The van der Waals surface area contributed by atoms with Gasteiger partial charge in [-0.3, -0.25) is 4.79 Å². The Bertz CT molecular complexity index is 1180. The van der Waals surface area contributed by atoms with Crippen LogP contribution >= 0.6 is 11.8 Å². The number of quaternary nitrogens is 1. The molecule has 3 aromatic rings. The van der Waals surface area contributed by atoms with Crippen molar-refractivity contribution in [3.8, 4) is 5.75 Å². The molecular formula is C25H29F3N2O4S+2. The lowest BCUT2D eigenvalue weighted by Crippen LogP contribution is -3.12. The molecule has 0 bridgehead atoms. The number of alkyl halides is 3. The van der Waals surface area contributed by atoms with Crippen LogP contribution < -0.4 is 20.0 Å². The molecule has 1 fully saturated rings. The minimum atomic E-state index is -4.36. The van der Waals surface area contributed by atoms with E-state index in [2.05, 4.69) is 4.98 Å². The zero-order chi connectivity index (χ0) is 24.7. The van der Waals surface area contributed by atoms with E-state index in [0.29, 0.717) is 24.4 Å². The normalized spacial score (nSPS) is 14.9. The van der Waals surface area contributed by atoms with E-state index in [1.807, 2.05) is 6.07 Å². The average Bonchev–Trinajstić information content (AvgIpc) is 2.84. The molecule has 1 aliphatic rings. The molecule has 1 aliphatic heterocycles. The Morgan fingerprint density at radius 2 is 1.91 bits per heavy atom. The molecule has 3 heterocycles. The molecule has 35 heavy (non-hydrogen) atoms. The quantitative estimate of drug-likeness (QED) is 0.335. The zero-order valence-corrected chi connectivity index (χ0v) is 20.1. The van der Waals surface area contributed by atoms with Crippen molar-refractivity contribution in [2.75, 3.05) is 38.7 Å². The highest BCUT2D eigenvalue weighted by Gasteiger charge is 2.31. The van der Waals surface area contributed by atoms with E-state index in [0.717, 1.165) is 73.7 Å². The number of halogens is 3. The number of pyridine rings is 1. The summed E-state index contributed by atoms with van der Waals surface area (Å²) in [4.78, 5) is 17.5. The number of fused-ring (bicyclic) bond motifs is 1. The molecule has 2 aromatic heterocycles. The Balaban J connectivity index is 1.18. The Morgan fingerprint density at radius 1 is 1.09 bits per heavy atom. The van der Waals surface area contributed by atoms with E-state index in [1.54, 1.807) is 18.0 Å². The average molecular weight is 511 g/mol. The molecule has 2 N–H and O–H groups in total. The summed E-state index contributed by atoms with van der Waals surface area (Å²) in [6.07, 6.45) is 1.32. The summed E-state index contributed by atoms with van der Waals surface area (Å²) in [5.41, 5.74) is -0.365. The number of unbranched alkanes of at least 4 members (excludes halogenated alkanes) is 2. The largest absolute Gasteiger partial charge is 0.487 e. The van der Waals surface area contributed by atoms with Crippen molar-refractivity contribution in [3.63, 3.8) is 0 Å². The summed E-state index contributed by atoms with van der Waals surface area (Å²) >= 11 is 1.62. The first-order valence-electron chi connectivity index (χ1n) is 11.7. The molecule has 1 aromatic carbocycles. The van der Waals surface area contributed by atoms with Gasteiger partial charge in [-0.05, 0) is 37.1 Å². The van der Waals surface area contributed by atoms with Crippen LogP contribution in [0.2, 0.25) is 0 Å². The van der Waals surface area contributed by atoms with E-state index in [4.69, 9.17) is 13.9 Å². The Kier molecular flexibility index (Phi) is 8.69. The first-order chi connectivity index (χ1) is 16.9. The number of nitrogens with one attached hydrogen (secondary N) is 2. The fraction of sp³-hybridized carbons (Fsp3) is 0.440. The predicted octanol–water partition coefficient (Wildman–Crippen LogP) is 3.38. The Morgan fingerprint density at radius 3 is 2.69 bits per heavy atom. The number of morpholine rings is 1. The minimum Gasteiger partial charge on any atom is -0.487 e. The minimum absolute atomic E-state index is 0.170. The molecular weight excluding hydrogens is 481 g/mol. The Hall–Kier alpha value is -2.56. The maximum absolute atomic E-state index is 12.9. The van der Waals surface area contributed by atoms with Crippen molar-refractivity contribution in [2.45, 2.75) is 36.9 Å². The highest BCUT2D eigenvalue weighted by atomic mass is 32.2. The molecule has 0 spiro atoms. The summed E-state index contributed by atoms with van der Waals surface area (Å²) in [5, 5.41) is 0.777. The second-order valence-corrected chi connectivity index (χ2v) is 9.61. The number of ether oxygens (including phenoxy) is 2. The van der Waals surface area contributed by atoms with Crippen LogP contribution in [-0.4, -0.2) is 38.7 Å². The number of hydrogen-bond acceptors (Lipinski definition) is 5. The highest BCUT2D eigenvalue weighted by Crippen LogP contribution is 2.33. The summed E-state index contributed by atoms with van der Waals surface area (Å²) in [5.74, 6) is 1.71. The predicted molar refractivity (Wildman–Crippen MR) is 126 cm³/mol. The zero-order valence-electron chi connectivity index (χ0n) is 19.3. The van der Waals surface area contributed by atoms with Crippen LogP contribution in [0.4, 0.5) is 13.2 Å². The lowest BCUT2D eigenvalue weighted by Gasteiger charge is -2.22. The van der Waals surface area contributed by atoms with E-state index in [-0.39, 0.29) is 11.2 Å². The third-order valence-electron chi connectivity index (χ3n) is 5.87. The molecule has 10 heteroatoms. The summed E-state index contributed by atoms with van der Waals surface area (Å²) in [6, 6.07) is 7.17. The van der Waals surface area contributed by atoms with Crippen molar-refractivity contribution in [2.24, 2.45) is 0 Å². The van der Waals surface area contributed by atoms with Gasteiger partial charge in [-0.2, -0.15) is 13.2 Å². The van der Waals surface area contributed by atoms with E-state index in [1.165, 1.54) is 23.3 Å². The molecule has 0 saturated carbocycles. The first-order valence-corrected chi connectivity index (χ1v) is 12.7. The molecule has 0 atom stereocenters. The first kappa shape index (κ1) is 25.5. The molecule has 4 rings (SSSR count). The molecule has 0 unspecified atom stereocenters. The highest BCUT2D eigenvalue weighted by molar-refractivity contribution is 7.99. The van der Waals surface area contributed by atoms with Gasteiger partial charge in [0, 0.05) is 23.1 Å². The lowest BCUT2D eigenvalue weighted by atomic mass is 10.1. The van der Waals surface area contributed by atoms with E-state index < -0.39 is 11.7 Å². The van der Waals surface area contributed by atoms with Crippen LogP contribution in [0, 0.1) is 0 Å². The fourth-order valence-corrected chi connectivity index (χ4v) is 5.01. The van der Waals surface area contributed by atoms with Crippen molar-refractivity contribution in [1.82, 2.24) is 0 Å². The fourth-order valence-electron chi connectivity index (χ4n) is 3.94. The lowest BCUT2D eigenvalue weighted by molar-refractivity contribution is -0.922. The van der Waals surface area contributed by atoms with E-state index >= 15 is 0 Å². The van der Waals surface area contributed by atoms with Crippen LogP contribution in [0.15, 0.2) is 56.9 Å². The molecule has 188 valence electrons. The monoisotopic (exact) mass is 510 g/mol. The maximum Gasteiger partial charge on any atom is 0.416 e. The van der Waals surface area contributed by atoms with Crippen LogP contribution in [0.5, 0.6) is 5.75 Å². The van der Waals surface area contributed by atoms with Crippen LogP contribution in [0.3, 0.4) is 0 Å². The van der Waals surface area contributed by atoms with Crippen molar-refractivity contribution in [3.05, 3.63) is 64.3 Å². The number of benzene rings is 1. The summed E-state index contributed by atoms with van der Waals surface area (Å²) in [6.45, 7) is 4.34. The van der Waals surface area contributed by atoms with Crippen LogP contribution in [-0.2, 0) is 17.5 Å². The molecule has 1 saturated heterocycles. The Labute approximate surface area is 205 Å². The summed E-state index contributed by atoms with van der Waals surface area (Å²) in [7, 11) is 0. The number of rotatable bonds is 10. The molecule has 0 aliphatic carbocycles. The third kappa shape index (κ3) is 7.22. The molecule has 0 radical (unpaired) electrons. The number of aromatic nitrogens is 1. The molecule has 0 amide bonds. The molecule has 6 nitrogen and oxygen atoms in total. The van der Waals surface area contributed by atoms with Gasteiger partial charge >= 0.3 is 6.18 Å². The van der Waals surface area contributed by atoms with Gasteiger partial charge in [-0.1, -0.05) is 0 Å². The van der Waals surface area contributed by atoms with Crippen molar-refractivity contribution < 1.29 is 36.9 Å². The van der Waals surface area contributed by atoms with Crippen molar-refractivity contribution in [1.29, 1.82) is 0 Å². The van der Waals surface area contributed by atoms with E-state index in [9.17, 15) is 18.0 Å². The number of aromatic amines is 1. The van der Waals surface area contributed by atoms with Gasteiger partial charge in [-0.25, -0.2) is 4.98 Å². The SMILES string of the molecule is O=c1cc(C[NH+]2CCOCC2)occ1OCCCCCSc1cc[nH+]c2cc(C(F)(F)F)ccc12. The van der Waals surface area contributed by atoms with Gasteiger partial charge < -0.3 is 18.8 Å². The summed E-state index contributed by atoms with van der Waals surface area (Å²) < 4.78 is 55.4. The van der Waals surface area contributed by atoms with Gasteiger partial charge in [0.2, 0.25) is 16.7 Å². The van der Waals surface area contributed by atoms with Crippen LogP contribution in [0.25, 0.3) is 10.9 Å². The second-order valence-electron chi connectivity index (χ2n) is 8.47. The standard InChI is InChI=1S/C25H27F3N2O4S/c26-25(27,28)18-4-5-20-21(14-18)29-7-6-24(20)35-13-3-1-2-10-33-23-17-34-19(15-22(23)31)16-30-8-11-32-12-9-30/h4-7,14-15,17H,1-3,8-13,16H2/p+2. The third-order valence-corrected chi connectivity index (χ3v) is 7.03. The van der Waals surface area contributed by atoms with Gasteiger partial charge in [0.05, 0.1) is 30.8 Å². The van der Waals surface area contributed by atoms with Gasteiger partial charge in [-0.15, -0.1) is 11.8 Å². The second kappa shape index (κ2) is 11.9. The smallest absolute Gasteiger partial charge is 0.416 e. The topological polar surface area (TPSA) is 67.2 Å². The van der Waals surface area contributed by atoms with Gasteiger partial charge in [0.1, 0.15) is 25.9 Å². The number of thioether (sulfide) groups is 1. The number of H-pyrrole nitrogens is 1.